The summed E-state index contributed by atoms with van der Waals surface area (Å²) >= 11 is 5.39. The minimum atomic E-state index is -3.40. The van der Waals surface area contributed by atoms with E-state index in [2.05, 4.69) is 4.72 Å². The third kappa shape index (κ3) is 4.94. The predicted octanol–water partition coefficient (Wildman–Crippen LogP) is 1.47. The number of nitrogens with zero attached hydrogens (tertiary/aromatic N) is 2. The van der Waals surface area contributed by atoms with Crippen LogP contribution in [0.1, 0.15) is 11.6 Å². The van der Waals surface area contributed by atoms with Crippen LogP contribution in [-0.2, 0) is 10.0 Å². The maximum Gasteiger partial charge on any atom is 0.225 e. The first-order chi connectivity index (χ1) is 9.26. The number of hydrogen-bond acceptors (Lipinski definition) is 4. The monoisotopic (exact) mass is 319 g/mol. The van der Waals surface area contributed by atoms with E-state index < -0.39 is 15.2 Å². The molecule has 0 amide bonds. The van der Waals surface area contributed by atoms with Gasteiger partial charge in [-0.05, 0) is 31.8 Å². The Kier molecular flexibility index (Phi) is 6.26. The number of hydrogen-bond donors (Lipinski definition) is 1. The van der Waals surface area contributed by atoms with Crippen LogP contribution in [0.25, 0.3) is 0 Å². The highest BCUT2D eigenvalue weighted by molar-refractivity contribution is 7.90. The van der Waals surface area contributed by atoms with Crippen LogP contribution in [0.3, 0.4) is 0 Å². The van der Waals surface area contributed by atoms with Gasteiger partial charge in [0.05, 0.1) is 0 Å². The molecule has 0 unspecified atom stereocenters. The number of sulfonamides is 1. The molecule has 0 spiro atoms. The lowest BCUT2D eigenvalue weighted by atomic mass is 10.1. The van der Waals surface area contributed by atoms with Crippen molar-refractivity contribution in [2.75, 3.05) is 44.8 Å². The second kappa shape index (κ2) is 7.26. The largest absolute Gasteiger partial charge is 0.378 e. The van der Waals surface area contributed by atoms with Gasteiger partial charge in [-0.1, -0.05) is 12.1 Å². The molecular weight excluding hydrogens is 298 g/mol. The molecule has 1 rings (SSSR count). The molecule has 0 aromatic heterocycles. The first-order valence-electron chi connectivity index (χ1n) is 6.24. The van der Waals surface area contributed by atoms with Crippen molar-refractivity contribution in [1.82, 2.24) is 9.62 Å². The summed E-state index contributed by atoms with van der Waals surface area (Å²) in [6.07, 6.45) is 0. The van der Waals surface area contributed by atoms with Gasteiger partial charge in [-0.2, -0.15) is 0 Å². The van der Waals surface area contributed by atoms with Crippen LogP contribution in [0.5, 0.6) is 0 Å². The number of benzene rings is 1. The molecule has 7 heteroatoms. The molecule has 0 saturated heterocycles. The topological polar surface area (TPSA) is 52.7 Å². The summed E-state index contributed by atoms with van der Waals surface area (Å²) in [5.41, 5.74) is 2.16. The molecule has 0 heterocycles. The molecule has 0 bridgehead atoms. The summed E-state index contributed by atoms with van der Waals surface area (Å²) in [4.78, 5) is 3.99. The Labute approximate surface area is 126 Å². The van der Waals surface area contributed by atoms with E-state index in [1.807, 2.05) is 62.3 Å². The van der Waals surface area contributed by atoms with Gasteiger partial charge in [0.15, 0.2) is 0 Å². The number of alkyl halides is 1. The molecule has 0 fully saturated rings. The van der Waals surface area contributed by atoms with Crippen LogP contribution in [0, 0.1) is 0 Å². The van der Waals surface area contributed by atoms with Crippen molar-refractivity contribution in [2.24, 2.45) is 0 Å². The molecule has 1 aromatic carbocycles. The van der Waals surface area contributed by atoms with Crippen LogP contribution >= 0.6 is 11.6 Å². The lowest BCUT2D eigenvalue weighted by molar-refractivity contribution is 0.299. The smallest absolute Gasteiger partial charge is 0.225 e. The van der Waals surface area contributed by atoms with Gasteiger partial charge in [0.1, 0.15) is 5.21 Å². The molecular formula is C13H22ClN3O2S. The summed E-state index contributed by atoms with van der Waals surface area (Å²) in [7, 11) is 4.39. The van der Waals surface area contributed by atoms with E-state index >= 15 is 0 Å². The molecule has 1 atom stereocenters. The fourth-order valence-corrected chi connectivity index (χ4v) is 2.56. The van der Waals surface area contributed by atoms with Crippen molar-refractivity contribution >= 4 is 27.3 Å². The fourth-order valence-electron chi connectivity index (χ4n) is 1.84. The Morgan fingerprint density at radius 2 is 1.70 bits per heavy atom. The highest BCUT2D eigenvalue weighted by atomic mass is 35.5. The Hall–Kier alpha value is -0.820. The van der Waals surface area contributed by atoms with E-state index in [1.165, 1.54) is 0 Å². The zero-order valence-electron chi connectivity index (χ0n) is 12.3. The fraction of sp³-hybridized carbons (Fsp3) is 0.538. The van der Waals surface area contributed by atoms with Crippen molar-refractivity contribution in [2.45, 2.75) is 6.04 Å². The Bertz CT molecular complexity index is 515. The van der Waals surface area contributed by atoms with Crippen molar-refractivity contribution in [3.63, 3.8) is 0 Å². The minimum Gasteiger partial charge on any atom is -0.378 e. The van der Waals surface area contributed by atoms with Gasteiger partial charge in [-0.3, -0.25) is 0 Å². The first-order valence-corrected chi connectivity index (χ1v) is 8.42. The molecule has 0 aliphatic heterocycles. The number of anilines is 1. The van der Waals surface area contributed by atoms with Gasteiger partial charge in [-0.15, -0.1) is 11.6 Å². The van der Waals surface area contributed by atoms with Gasteiger partial charge in [0, 0.05) is 32.4 Å². The van der Waals surface area contributed by atoms with E-state index in [0.717, 1.165) is 11.3 Å². The highest BCUT2D eigenvalue weighted by Crippen LogP contribution is 2.21. The number of rotatable bonds is 7. The van der Waals surface area contributed by atoms with Crippen LogP contribution in [0.15, 0.2) is 24.3 Å². The van der Waals surface area contributed by atoms with Crippen molar-refractivity contribution in [3.05, 3.63) is 29.8 Å². The van der Waals surface area contributed by atoms with Gasteiger partial charge in [0.25, 0.3) is 0 Å². The Morgan fingerprint density at radius 1 is 1.15 bits per heavy atom. The van der Waals surface area contributed by atoms with Gasteiger partial charge >= 0.3 is 0 Å². The molecule has 1 N–H and O–H groups in total. The van der Waals surface area contributed by atoms with Gasteiger partial charge in [0.2, 0.25) is 10.0 Å². The molecule has 1 aromatic rings. The molecule has 20 heavy (non-hydrogen) atoms. The lowest BCUT2D eigenvalue weighted by Gasteiger charge is -2.25. The zero-order chi connectivity index (χ0) is 15.3. The van der Waals surface area contributed by atoms with Gasteiger partial charge in [-0.25, -0.2) is 13.1 Å². The van der Waals surface area contributed by atoms with E-state index in [-0.39, 0.29) is 6.04 Å². The first kappa shape index (κ1) is 17.2. The summed E-state index contributed by atoms with van der Waals surface area (Å²) in [6.45, 7) is 0.295. The molecule has 114 valence electrons. The second-order valence-electron chi connectivity index (χ2n) is 5.04. The van der Waals surface area contributed by atoms with Crippen molar-refractivity contribution in [1.29, 1.82) is 0 Å². The minimum absolute atomic E-state index is 0.0378. The summed E-state index contributed by atoms with van der Waals surface area (Å²) < 4.78 is 25.4. The van der Waals surface area contributed by atoms with Gasteiger partial charge < -0.3 is 9.80 Å². The maximum absolute atomic E-state index is 11.4. The molecule has 5 nitrogen and oxygen atoms in total. The summed E-state index contributed by atoms with van der Waals surface area (Å²) in [5.74, 6) is 0. The third-order valence-electron chi connectivity index (χ3n) is 3.06. The summed E-state index contributed by atoms with van der Waals surface area (Å²) in [5, 5.41) is -0.424. The van der Waals surface area contributed by atoms with Crippen molar-refractivity contribution < 1.29 is 8.42 Å². The van der Waals surface area contributed by atoms with Crippen molar-refractivity contribution in [3.8, 4) is 0 Å². The van der Waals surface area contributed by atoms with Crippen LogP contribution in [-0.4, -0.2) is 53.3 Å². The Balaban J connectivity index is 2.86. The molecule has 0 radical (unpaired) electrons. The van der Waals surface area contributed by atoms with Crippen LogP contribution in [0.2, 0.25) is 0 Å². The number of halogens is 1. The second-order valence-corrected chi connectivity index (χ2v) is 7.43. The highest BCUT2D eigenvalue weighted by Gasteiger charge is 2.17. The quantitative estimate of drug-likeness (QED) is 0.773. The molecule has 0 aliphatic rings. The standard InChI is InChI=1S/C13H22ClN3O2S/c1-16(2)12-7-5-11(6-8-12)13(17(3)4)9-15-20(18,19)10-14/h5-8,13,15H,9-10H2,1-4H3/t13-/m0/s1. The number of likely N-dealkylation sites (N-methyl/N-ethyl adjacent to an activating group) is 1. The van der Waals surface area contributed by atoms with E-state index in [1.54, 1.807) is 0 Å². The van der Waals surface area contributed by atoms with E-state index in [0.29, 0.717) is 6.54 Å². The third-order valence-corrected chi connectivity index (χ3v) is 4.81. The maximum atomic E-state index is 11.4. The average Bonchev–Trinajstić information content (AvgIpc) is 2.39. The lowest BCUT2D eigenvalue weighted by Crippen LogP contribution is -2.35. The average molecular weight is 320 g/mol. The summed E-state index contributed by atoms with van der Waals surface area (Å²) in [6, 6.07) is 8.01. The van der Waals surface area contributed by atoms with Crippen LogP contribution < -0.4 is 9.62 Å². The van der Waals surface area contributed by atoms with Crippen LogP contribution in [0.4, 0.5) is 5.69 Å². The Morgan fingerprint density at radius 3 is 2.10 bits per heavy atom. The predicted molar refractivity (Wildman–Crippen MR) is 84.8 cm³/mol. The normalized spacial score (nSPS) is 13.5. The molecule has 0 aliphatic carbocycles. The van der Waals surface area contributed by atoms with E-state index in [4.69, 9.17) is 11.6 Å². The zero-order valence-corrected chi connectivity index (χ0v) is 13.9. The van der Waals surface area contributed by atoms with E-state index in [9.17, 15) is 8.42 Å². The molecule has 0 saturated carbocycles. The number of nitrogens with one attached hydrogen (secondary N) is 1. The SMILES string of the molecule is CN(C)c1ccc([C@H](CNS(=O)(=O)CCl)N(C)C)cc1.